The highest BCUT2D eigenvalue weighted by Crippen LogP contribution is 2.42. The van der Waals surface area contributed by atoms with Crippen LogP contribution in [0.3, 0.4) is 0 Å². The van der Waals surface area contributed by atoms with Crippen LogP contribution in [0.15, 0.2) is 79.0 Å². The van der Waals surface area contributed by atoms with E-state index in [0.717, 1.165) is 30.8 Å². The molecule has 5 aromatic rings. The first-order valence-corrected chi connectivity index (χ1v) is 14.1. The summed E-state index contributed by atoms with van der Waals surface area (Å²) in [6, 6.07) is 17.7. The van der Waals surface area contributed by atoms with Gasteiger partial charge < -0.3 is 26.7 Å². The molecule has 2 aromatic heterocycles. The highest BCUT2D eigenvalue weighted by Gasteiger charge is 2.33. The van der Waals surface area contributed by atoms with Gasteiger partial charge in [0, 0.05) is 40.3 Å². The average Bonchev–Trinajstić information content (AvgIpc) is 3.76. The molecule has 0 spiro atoms. The second-order valence-electron chi connectivity index (χ2n) is 10.3. The van der Waals surface area contributed by atoms with Crippen molar-refractivity contribution >= 4 is 46.5 Å². The number of H-pyrrole nitrogens is 1. The maximum Gasteiger partial charge on any atom is 0.417 e. The third-order valence-electron chi connectivity index (χ3n) is 6.93. The van der Waals surface area contributed by atoms with E-state index in [1.807, 2.05) is 6.07 Å². The number of aromatic nitrogens is 4. The number of carbonyl (C=O) groups is 2. The van der Waals surface area contributed by atoms with Crippen molar-refractivity contribution in [1.29, 1.82) is 0 Å². The largest absolute Gasteiger partial charge is 0.417 e. The summed E-state index contributed by atoms with van der Waals surface area (Å²) in [5, 5.41) is 7.68. The molecular weight excluding hydrogens is 609 g/mol. The van der Waals surface area contributed by atoms with E-state index in [1.54, 1.807) is 54.7 Å². The summed E-state index contributed by atoms with van der Waals surface area (Å²) in [6.07, 6.45) is -1.08. The summed E-state index contributed by atoms with van der Waals surface area (Å²) < 4.78 is 39.7. The van der Waals surface area contributed by atoms with E-state index in [9.17, 15) is 22.8 Å². The zero-order valence-corrected chi connectivity index (χ0v) is 24.0. The van der Waals surface area contributed by atoms with Crippen LogP contribution < -0.4 is 21.7 Å². The molecule has 1 aliphatic rings. The molecule has 0 unspecified atom stereocenters. The van der Waals surface area contributed by atoms with Crippen LogP contribution in [0.1, 0.15) is 40.5 Å². The molecule has 0 atom stereocenters. The fourth-order valence-electron chi connectivity index (χ4n) is 4.63. The van der Waals surface area contributed by atoms with E-state index in [-0.39, 0.29) is 11.6 Å². The third-order valence-corrected chi connectivity index (χ3v) is 7.26. The first-order chi connectivity index (χ1) is 21.5. The Morgan fingerprint density at radius 1 is 0.911 bits per heavy atom. The quantitative estimate of drug-likeness (QED) is 0.119. The van der Waals surface area contributed by atoms with Gasteiger partial charge in [0.1, 0.15) is 11.5 Å². The number of nitrogens with one attached hydrogen (secondary N) is 4. The lowest BCUT2D eigenvalue weighted by Gasteiger charge is -2.13. The zero-order chi connectivity index (χ0) is 31.7. The van der Waals surface area contributed by atoms with Crippen molar-refractivity contribution in [3.8, 4) is 22.6 Å². The summed E-state index contributed by atoms with van der Waals surface area (Å²) in [6.45, 7) is 0. The molecule has 45 heavy (non-hydrogen) atoms. The van der Waals surface area contributed by atoms with Crippen molar-refractivity contribution in [3.63, 3.8) is 0 Å². The molecule has 0 aliphatic heterocycles. The predicted molar refractivity (Wildman–Crippen MR) is 164 cm³/mol. The van der Waals surface area contributed by atoms with Gasteiger partial charge in [-0.15, -0.1) is 0 Å². The number of primary amides is 1. The fraction of sp³-hybridized carbons (Fsp3) is 0.129. The van der Waals surface area contributed by atoms with E-state index < -0.39 is 28.7 Å². The Labute approximate surface area is 259 Å². The lowest BCUT2D eigenvalue weighted by molar-refractivity contribution is -0.137. The summed E-state index contributed by atoms with van der Waals surface area (Å²) in [4.78, 5) is 41.5. The molecule has 1 aliphatic carbocycles. The highest BCUT2D eigenvalue weighted by atomic mass is 35.5. The van der Waals surface area contributed by atoms with Crippen molar-refractivity contribution in [2.75, 3.05) is 16.0 Å². The summed E-state index contributed by atoms with van der Waals surface area (Å²) in [7, 11) is 0. The molecule has 0 saturated heterocycles. The molecular formula is C31H24ClF3N8O2. The first-order valence-electron chi connectivity index (χ1n) is 13.7. The van der Waals surface area contributed by atoms with Crippen molar-refractivity contribution in [2.45, 2.75) is 24.9 Å². The Kier molecular flexibility index (Phi) is 7.85. The Morgan fingerprint density at radius 2 is 1.64 bits per heavy atom. The van der Waals surface area contributed by atoms with Crippen molar-refractivity contribution in [1.82, 2.24) is 19.9 Å². The zero-order valence-electron chi connectivity index (χ0n) is 23.2. The predicted octanol–water partition coefficient (Wildman–Crippen LogP) is 7.57. The molecule has 3 aromatic carbocycles. The number of halogens is 4. The molecule has 3 amide bonds. The van der Waals surface area contributed by atoms with Gasteiger partial charge >= 0.3 is 12.2 Å². The summed E-state index contributed by atoms with van der Waals surface area (Å²) in [5.41, 5.74) is 8.02. The van der Waals surface area contributed by atoms with Crippen LogP contribution in [-0.4, -0.2) is 31.9 Å². The van der Waals surface area contributed by atoms with Crippen LogP contribution in [-0.2, 0) is 6.18 Å². The maximum absolute atomic E-state index is 13.2. The van der Waals surface area contributed by atoms with Crippen LogP contribution in [0.2, 0.25) is 5.02 Å². The standard InChI is InChI=1S/C31H24ClF3N8O2/c32-23-10-9-21(15-22(23)31(33,34)35)40-30(45)39-20-6-1-3-17(13-20)25-26(43-28(42-25)16-7-8-16)24-11-12-37-29(41-24)38-19-5-2-4-18(14-19)27(36)44/h1-6,9-16H,7-8H2,(H2,36,44)(H,42,43)(H,37,38,41)(H2,39,40,45). The molecule has 6 N–H and O–H groups in total. The minimum Gasteiger partial charge on any atom is -0.366 e. The van der Waals surface area contributed by atoms with E-state index >= 15 is 0 Å². The number of hydrogen-bond donors (Lipinski definition) is 5. The minimum absolute atomic E-state index is 0.0696. The topological polar surface area (TPSA) is 151 Å². The van der Waals surface area contributed by atoms with Gasteiger partial charge in [-0.25, -0.2) is 19.7 Å². The van der Waals surface area contributed by atoms with Gasteiger partial charge in [0.05, 0.1) is 22.0 Å². The number of rotatable bonds is 8. The number of nitrogens with two attached hydrogens (primary N) is 1. The molecule has 6 rings (SSSR count). The van der Waals surface area contributed by atoms with Crippen LogP contribution in [0, 0.1) is 0 Å². The fourth-order valence-corrected chi connectivity index (χ4v) is 4.86. The number of hydrogen-bond acceptors (Lipinski definition) is 6. The van der Waals surface area contributed by atoms with E-state index in [2.05, 4.69) is 30.9 Å². The van der Waals surface area contributed by atoms with Crippen molar-refractivity contribution < 1.29 is 22.8 Å². The van der Waals surface area contributed by atoms with Gasteiger partial charge in [-0.05, 0) is 67.4 Å². The third kappa shape index (κ3) is 6.88. The Balaban J connectivity index is 1.25. The second-order valence-corrected chi connectivity index (χ2v) is 10.7. The number of urea groups is 1. The molecule has 2 heterocycles. The van der Waals surface area contributed by atoms with Crippen molar-refractivity contribution in [2.24, 2.45) is 5.73 Å². The molecule has 0 radical (unpaired) electrons. The molecule has 1 fully saturated rings. The number of alkyl halides is 3. The number of imidazole rings is 1. The van der Waals surface area contributed by atoms with Gasteiger partial charge in [0.15, 0.2) is 0 Å². The number of nitrogens with zero attached hydrogens (tertiary/aromatic N) is 3. The Morgan fingerprint density at radius 3 is 2.38 bits per heavy atom. The SMILES string of the molecule is NC(=O)c1cccc(Nc2nccc(-c3nc(C4CC4)[nH]c3-c3cccc(NC(=O)Nc4ccc(Cl)c(C(F)(F)F)c4)c3)n2)c1. The molecule has 14 heteroatoms. The number of amides is 3. The van der Waals surface area contributed by atoms with Crippen LogP contribution >= 0.6 is 11.6 Å². The average molecular weight is 633 g/mol. The number of benzene rings is 3. The maximum atomic E-state index is 13.2. The molecule has 228 valence electrons. The van der Waals surface area contributed by atoms with Gasteiger partial charge in [-0.1, -0.05) is 29.8 Å². The number of anilines is 4. The monoisotopic (exact) mass is 632 g/mol. The smallest absolute Gasteiger partial charge is 0.366 e. The number of carbonyl (C=O) groups excluding carboxylic acids is 2. The lowest BCUT2D eigenvalue weighted by atomic mass is 10.1. The van der Waals surface area contributed by atoms with Gasteiger partial charge in [-0.2, -0.15) is 13.2 Å². The summed E-state index contributed by atoms with van der Waals surface area (Å²) >= 11 is 5.68. The van der Waals surface area contributed by atoms with Gasteiger partial charge in [0.2, 0.25) is 11.9 Å². The minimum atomic E-state index is -4.67. The Bertz CT molecular complexity index is 1920. The molecule has 0 bridgehead atoms. The summed E-state index contributed by atoms with van der Waals surface area (Å²) in [5.74, 6) is 0.819. The first kappa shape index (κ1) is 29.6. The van der Waals surface area contributed by atoms with Gasteiger partial charge in [-0.3, -0.25) is 4.79 Å². The van der Waals surface area contributed by atoms with Crippen LogP contribution in [0.5, 0.6) is 0 Å². The lowest BCUT2D eigenvalue weighted by Crippen LogP contribution is -2.20. The van der Waals surface area contributed by atoms with E-state index in [0.29, 0.717) is 45.5 Å². The number of aromatic amines is 1. The van der Waals surface area contributed by atoms with Crippen LogP contribution in [0.4, 0.5) is 41.0 Å². The van der Waals surface area contributed by atoms with E-state index in [4.69, 9.17) is 22.3 Å². The van der Waals surface area contributed by atoms with Gasteiger partial charge in [0.25, 0.3) is 0 Å². The normalized spacial score (nSPS) is 12.9. The Hall–Kier alpha value is -5.43. The van der Waals surface area contributed by atoms with E-state index in [1.165, 1.54) is 6.07 Å². The second kappa shape index (κ2) is 11.9. The van der Waals surface area contributed by atoms with Crippen LogP contribution in [0.25, 0.3) is 22.6 Å². The van der Waals surface area contributed by atoms with Crippen molar-refractivity contribution in [3.05, 3.63) is 101 Å². The highest BCUT2D eigenvalue weighted by molar-refractivity contribution is 6.31. The molecule has 10 nitrogen and oxygen atoms in total. The molecule has 1 saturated carbocycles.